The van der Waals surface area contributed by atoms with E-state index in [1.54, 1.807) is 12.1 Å². The zero-order valence-electron chi connectivity index (χ0n) is 20.8. The molecule has 4 aromatic rings. The molecule has 6 rings (SSSR count). The summed E-state index contributed by atoms with van der Waals surface area (Å²) in [7, 11) is 0. The Hall–Kier alpha value is -3.75. The molecule has 0 atom stereocenters. The molecule has 0 spiro atoms. The average Bonchev–Trinajstić information content (AvgIpc) is 3.80. The van der Waals surface area contributed by atoms with Crippen molar-refractivity contribution in [1.29, 1.82) is 0 Å². The van der Waals surface area contributed by atoms with Crippen LogP contribution in [0.1, 0.15) is 42.6 Å². The number of anilines is 2. The van der Waals surface area contributed by atoms with E-state index in [1.165, 1.54) is 44.1 Å². The summed E-state index contributed by atoms with van der Waals surface area (Å²) in [5.74, 6) is 4.08. The summed E-state index contributed by atoms with van der Waals surface area (Å²) in [6.07, 6.45) is 6.45. The van der Waals surface area contributed by atoms with Gasteiger partial charge in [-0.25, -0.2) is 23.7 Å². The molecule has 3 aromatic heterocycles. The largest absolute Gasteiger partial charge is 0.489 e. The molecule has 0 bridgehead atoms. The third-order valence-corrected chi connectivity index (χ3v) is 6.94. The van der Waals surface area contributed by atoms with Gasteiger partial charge in [-0.3, -0.25) is 0 Å². The van der Waals surface area contributed by atoms with E-state index in [9.17, 15) is 4.39 Å². The monoisotopic (exact) mass is 487 g/mol. The van der Waals surface area contributed by atoms with Crippen LogP contribution in [0.25, 0.3) is 17.1 Å². The second-order valence-corrected chi connectivity index (χ2v) is 10.0. The lowest BCUT2D eigenvalue weighted by Gasteiger charge is -2.11. The molecule has 0 radical (unpaired) electrons. The lowest BCUT2D eigenvalue weighted by Crippen LogP contribution is -2.09. The minimum absolute atomic E-state index is 0.258. The van der Waals surface area contributed by atoms with Gasteiger partial charge >= 0.3 is 0 Å². The van der Waals surface area contributed by atoms with Crippen LogP contribution in [-0.4, -0.2) is 36.1 Å². The molecule has 9 heteroatoms. The van der Waals surface area contributed by atoms with Crippen molar-refractivity contribution in [2.75, 3.05) is 11.9 Å². The van der Waals surface area contributed by atoms with Crippen molar-refractivity contribution < 1.29 is 9.13 Å². The van der Waals surface area contributed by atoms with Crippen molar-refractivity contribution in [2.24, 2.45) is 11.8 Å². The highest BCUT2D eigenvalue weighted by atomic mass is 19.1. The van der Waals surface area contributed by atoms with Gasteiger partial charge in [0.2, 0.25) is 0 Å². The number of halogens is 1. The molecule has 2 saturated carbocycles. The van der Waals surface area contributed by atoms with Gasteiger partial charge in [0.1, 0.15) is 29.5 Å². The maximum Gasteiger partial charge on any atom is 0.163 e. The molecule has 36 heavy (non-hydrogen) atoms. The second-order valence-electron chi connectivity index (χ2n) is 10.0. The number of hydrogen-bond acceptors (Lipinski definition) is 6. The Balaban J connectivity index is 1.31. The first-order valence-electron chi connectivity index (χ1n) is 12.6. The molecular formula is C27H30FN7O. The minimum atomic E-state index is -0.258. The van der Waals surface area contributed by atoms with Crippen molar-refractivity contribution >= 4 is 11.6 Å². The zero-order chi connectivity index (χ0) is 24.8. The number of nitrogens with zero attached hydrogens (tertiary/aromatic N) is 6. The molecule has 0 unspecified atom stereocenters. The Bertz CT molecular complexity index is 1400. The van der Waals surface area contributed by atoms with Gasteiger partial charge in [-0.1, -0.05) is 0 Å². The third kappa shape index (κ3) is 4.57. The predicted octanol–water partition coefficient (Wildman–Crippen LogP) is 5.53. The van der Waals surface area contributed by atoms with Crippen LogP contribution in [0.4, 0.5) is 16.0 Å². The van der Waals surface area contributed by atoms with E-state index < -0.39 is 0 Å². The van der Waals surface area contributed by atoms with Gasteiger partial charge in [-0.2, -0.15) is 10.2 Å². The van der Waals surface area contributed by atoms with Crippen LogP contribution >= 0.6 is 0 Å². The van der Waals surface area contributed by atoms with Crippen LogP contribution in [0.3, 0.4) is 0 Å². The maximum absolute atomic E-state index is 13.5. The van der Waals surface area contributed by atoms with Crippen molar-refractivity contribution in [3.05, 3.63) is 59.4 Å². The molecule has 2 aliphatic rings. The fraction of sp³-hybridized carbons (Fsp3) is 0.407. The Labute approximate surface area is 209 Å². The van der Waals surface area contributed by atoms with Crippen LogP contribution in [0.5, 0.6) is 5.75 Å². The van der Waals surface area contributed by atoms with Crippen LogP contribution in [0.2, 0.25) is 0 Å². The number of aromatic nitrogens is 6. The highest BCUT2D eigenvalue weighted by Gasteiger charge is 2.26. The van der Waals surface area contributed by atoms with E-state index in [4.69, 9.17) is 9.84 Å². The Kier molecular flexibility index (Phi) is 5.70. The van der Waals surface area contributed by atoms with Gasteiger partial charge in [0.15, 0.2) is 11.6 Å². The van der Waals surface area contributed by atoms with Crippen molar-refractivity contribution in [3.8, 4) is 22.8 Å². The first-order chi connectivity index (χ1) is 17.5. The van der Waals surface area contributed by atoms with Gasteiger partial charge in [0.05, 0.1) is 18.0 Å². The number of ether oxygens (including phenoxy) is 1. The summed E-state index contributed by atoms with van der Waals surface area (Å²) in [4.78, 5) is 8.95. The van der Waals surface area contributed by atoms with Crippen LogP contribution in [0, 0.1) is 38.4 Å². The van der Waals surface area contributed by atoms with E-state index >= 15 is 0 Å². The van der Waals surface area contributed by atoms with Crippen molar-refractivity contribution in [3.63, 3.8) is 0 Å². The normalized spacial score (nSPS) is 15.3. The third-order valence-electron chi connectivity index (χ3n) is 6.94. The fourth-order valence-electron chi connectivity index (χ4n) is 4.47. The molecule has 0 aliphatic heterocycles. The lowest BCUT2D eigenvalue weighted by atomic mass is 10.1. The summed E-state index contributed by atoms with van der Waals surface area (Å²) >= 11 is 0. The average molecular weight is 488 g/mol. The Morgan fingerprint density at radius 2 is 1.75 bits per heavy atom. The minimum Gasteiger partial charge on any atom is -0.489 e. The molecule has 8 nitrogen and oxygen atoms in total. The first-order valence-corrected chi connectivity index (χ1v) is 12.6. The second kappa shape index (κ2) is 9.04. The number of nitrogens with one attached hydrogen (secondary N) is 1. The van der Waals surface area contributed by atoms with Gasteiger partial charge < -0.3 is 10.1 Å². The van der Waals surface area contributed by atoms with Crippen LogP contribution in [0.15, 0.2) is 36.7 Å². The van der Waals surface area contributed by atoms with Gasteiger partial charge in [-0.15, -0.1) is 0 Å². The quantitative estimate of drug-likeness (QED) is 0.334. The van der Waals surface area contributed by atoms with Crippen LogP contribution < -0.4 is 10.1 Å². The number of benzene rings is 1. The van der Waals surface area contributed by atoms with Gasteiger partial charge in [0, 0.05) is 23.7 Å². The Morgan fingerprint density at radius 1 is 1.00 bits per heavy atom. The zero-order valence-corrected chi connectivity index (χ0v) is 20.8. The molecule has 2 fully saturated rings. The summed E-state index contributed by atoms with van der Waals surface area (Å²) < 4.78 is 23.4. The molecule has 0 saturated heterocycles. The number of hydrogen-bond donors (Lipinski definition) is 1. The summed E-state index contributed by atoms with van der Waals surface area (Å²) in [5.41, 5.74) is 4.49. The molecular weight excluding hydrogens is 457 g/mol. The highest BCUT2D eigenvalue weighted by Crippen LogP contribution is 2.36. The summed E-state index contributed by atoms with van der Waals surface area (Å²) in [6.45, 7) is 7.57. The Morgan fingerprint density at radius 3 is 2.47 bits per heavy atom. The standard InChI is InChI=1S/C27H30FN7O/c1-16-25(21-8-10-22(28)11-9-21)33-34(13-19-4-5-19)27(16)31-23-12-24(30-15-29-23)35-18(3)26(17(2)32-35)36-14-20-6-7-20/h8-12,15,19-20H,4-7,13-14H2,1-3H3,(H,29,30,31). The molecule has 2 aliphatic carbocycles. The first kappa shape index (κ1) is 22.7. The fourth-order valence-corrected chi connectivity index (χ4v) is 4.47. The summed E-state index contributed by atoms with van der Waals surface area (Å²) in [5, 5.41) is 13.1. The molecule has 0 amide bonds. The SMILES string of the molecule is Cc1nn(-c2cc(Nc3c(C)c(-c4ccc(F)cc4)nn3CC3CC3)ncn2)c(C)c1OCC1CC1. The molecule has 1 N–H and O–H groups in total. The highest BCUT2D eigenvalue weighted by molar-refractivity contribution is 5.71. The van der Waals surface area contributed by atoms with Gasteiger partial charge in [0.25, 0.3) is 0 Å². The van der Waals surface area contributed by atoms with E-state index in [2.05, 4.69) is 20.4 Å². The summed E-state index contributed by atoms with van der Waals surface area (Å²) in [6, 6.07) is 8.36. The molecule has 3 heterocycles. The topological polar surface area (TPSA) is 82.7 Å². The maximum atomic E-state index is 13.5. The van der Waals surface area contributed by atoms with Crippen molar-refractivity contribution in [2.45, 2.75) is 53.0 Å². The van der Waals surface area contributed by atoms with E-state index in [-0.39, 0.29) is 5.82 Å². The van der Waals surface area contributed by atoms with Gasteiger partial charge in [-0.05, 0) is 82.6 Å². The lowest BCUT2D eigenvalue weighted by molar-refractivity contribution is 0.296. The number of aryl methyl sites for hydroxylation is 1. The van der Waals surface area contributed by atoms with Crippen LogP contribution in [-0.2, 0) is 6.54 Å². The smallest absolute Gasteiger partial charge is 0.163 e. The molecule has 186 valence electrons. The van der Waals surface area contributed by atoms with E-state index in [0.29, 0.717) is 23.5 Å². The molecule has 1 aromatic carbocycles. The van der Waals surface area contributed by atoms with Crippen molar-refractivity contribution in [1.82, 2.24) is 29.5 Å². The van der Waals surface area contributed by atoms with E-state index in [1.807, 2.05) is 36.2 Å². The predicted molar refractivity (Wildman–Crippen MR) is 135 cm³/mol. The number of rotatable bonds is 9. The van der Waals surface area contributed by atoms with E-state index in [0.717, 1.165) is 52.9 Å².